The van der Waals surface area contributed by atoms with Crippen molar-refractivity contribution in [1.82, 2.24) is 0 Å². The van der Waals surface area contributed by atoms with Crippen LogP contribution in [0.4, 0.5) is 5.69 Å². The summed E-state index contributed by atoms with van der Waals surface area (Å²) in [5.41, 5.74) is 1.02. The maximum absolute atomic E-state index is 5.21. The van der Waals surface area contributed by atoms with E-state index < -0.39 is 0 Å². The molecule has 0 saturated heterocycles. The molecule has 98 valence electrons. The molecular formula is C13H17BrN2OS. The first kappa shape index (κ1) is 13.7. The van der Waals surface area contributed by atoms with E-state index in [-0.39, 0.29) is 0 Å². The smallest absolute Gasteiger partial charge is 0.161 e. The van der Waals surface area contributed by atoms with Gasteiger partial charge >= 0.3 is 0 Å². The van der Waals surface area contributed by atoms with E-state index in [4.69, 9.17) is 4.74 Å². The Balaban J connectivity index is 2.12. The lowest BCUT2D eigenvalue weighted by Crippen LogP contribution is -2.22. The van der Waals surface area contributed by atoms with Gasteiger partial charge in [0.25, 0.3) is 0 Å². The van der Waals surface area contributed by atoms with Gasteiger partial charge < -0.3 is 10.1 Å². The fourth-order valence-corrected chi connectivity index (χ4v) is 3.65. The van der Waals surface area contributed by atoms with Crippen molar-refractivity contribution in [1.29, 1.82) is 0 Å². The van der Waals surface area contributed by atoms with Crippen LogP contribution >= 0.6 is 27.7 Å². The molecule has 2 atom stereocenters. The molecule has 3 nitrogen and oxygen atoms in total. The lowest BCUT2D eigenvalue weighted by atomic mass is 10.2. The van der Waals surface area contributed by atoms with Crippen molar-refractivity contribution in [3.05, 3.63) is 22.7 Å². The monoisotopic (exact) mass is 328 g/mol. The first-order valence-electron chi connectivity index (χ1n) is 5.93. The van der Waals surface area contributed by atoms with Crippen LogP contribution in [0.5, 0.6) is 5.75 Å². The van der Waals surface area contributed by atoms with Crippen LogP contribution in [-0.2, 0) is 0 Å². The minimum Gasteiger partial charge on any atom is -0.496 e. The fraction of sp³-hybridized carbons (Fsp3) is 0.462. The van der Waals surface area contributed by atoms with Crippen LogP contribution in [0.3, 0.4) is 0 Å². The van der Waals surface area contributed by atoms with Gasteiger partial charge in [-0.1, -0.05) is 18.7 Å². The molecule has 0 spiro atoms. The summed E-state index contributed by atoms with van der Waals surface area (Å²) in [5, 5.41) is 4.97. The Morgan fingerprint density at radius 3 is 2.83 bits per heavy atom. The number of benzene rings is 1. The van der Waals surface area contributed by atoms with Crippen molar-refractivity contribution in [3.8, 4) is 5.75 Å². The average Bonchev–Trinajstić information content (AvgIpc) is 2.27. The lowest BCUT2D eigenvalue weighted by molar-refractivity contribution is 0.412. The van der Waals surface area contributed by atoms with Crippen LogP contribution in [0.1, 0.15) is 20.3 Å². The molecule has 0 amide bonds. The van der Waals surface area contributed by atoms with Gasteiger partial charge in [0.15, 0.2) is 5.17 Å². The number of nitrogens with one attached hydrogen (secondary N) is 1. The highest BCUT2D eigenvalue weighted by Crippen LogP contribution is 2.30. The third-order valence-corrected chi connectivity index (χ3v) is 4.37. The van der Waals surface area contributed by atoms with E-state index in [2.05, 4.69) is 40.1 Å². The van der Waals surface area contributed by atoms with Gasteiger partial charge in [0, 0.05) is 10.9 Å². The van der Waals surface area contributed by atoms with Crippen molar-refractivity contribution in [2.75, 3.05) is 12.4 Å². The van der Waals surface area contributed by atoms with Gasteiger partial charge in [-0.3, -0.25) is 4.99 Å². The molecular weight excluding hydrogens is 312 g/mol. The lowest BCUT2D eigenvalue weighted by Gasteiger charge is -2.23. The predicted octanol–water partition coefficient (Wildman–Crippen LogP) is 4.14. The van der Waals surface area contributed by atoms with Gasteiger partial charge in [-0.05, 0) is 47.5 Å². The second-order valence-electron chi connectivity index (χ2n) is 4.42. The maximum Gasteiger partial charge on any atom is 0.161 e. The zero-order chi connectivity index (χ0) is 13.1. The van der Waals surface area contributed by atoms with Crippen molar-refractivity contribution >= 4 is 38.5 Å². The molecule has 0 saturated carbocycles. The number of thioether (sulfide) groups is 1. The van der Waals surface area contributed by atoms with Gasteiger partial charge in [-0.25, -0.2) is 0 Å². The number of methoxy groups -OCH3 is 1. The fourth-order valence-electron chi connectivity index (χ4n) is 1.93. The number of halogens is 1. The van der Waals surface area contributed by atoms with Crippen LogP contribution in [0.25, 0.3) is 0 Å². The molecule has 1 aliphatic rings. The van der Waals surface area contributed by atoms with Gasteiger partial charge in [0.05, 0.1) is 17.6 Å². The second-order valence-corrected chi connectivity index (χ2v) is 6.70. The average molecular weight is 329 g/mol. The molecule has 1 heterocycles. The highest BCUT2D eigenvalue weighted by Gasteiger charge is 2.18. The number of anilines is 1. The summed E-state index contributed by atoms with van der Waals surface area (Å²) in [4.78, 5) is 4.62. The maximum atomic E-state index is 5.21. The molecule has 0 fully saturated rings. The van der Waals surface area contributed by atoms with Gasteiger partial charge in [0.1, 0.15) is 5.75 Å². The van der Waals surface area contributed by atoms with Crippen LogP contribution in [0, 0.1) is 0 Å². The molecule has 1 aromatic rings. The van der Waals surface area contributed by atoms with Crippen molar-refractivity contribution < 1.29 is 4.74 Å². The molecule has 2 rings (SSSR count). The highest BCUT2D eigenvalue weighted by atomic mass is 79.9. The highest BCUT2D eigenvalue weighted by molar-refractivity contribution is 9.10. The molecule has 2 unspecified atom stereocenters. The number of hydrogen-bond donors (Lipinski definition) is 1. The Bertz CT molecular complexity index is 464. The summed E-state index contributed by atoms with van der Waals surface area (Å²) in [6.07, 6.45) is 1.14. The van der Waals surface area contributed by atoms with E-state index in [1.165, 1.54) is 0 Å². The quantitative estimate of drug-likeness (QED) is 0.885. The summed E-state index contributed by atoms with van der Waals surface area (Å²) in [6.45, 7) is 4.39. The van der Waals surface area contributed by atoms with Gasteiger partial charge in [-0.15, -0.1) is 0 Å². The van der Waals surface area contributed by atoms with Crippen LogP contribution < -0.4 is 10.1 Å². The third-order valence-electron chi connectivity index (χ3n) is 2.73. The third kappa shape index (κ3) is 3.42. The zero-order valence-electron chi connectivity index (χ0n) is 10.7. The van der Waals surface area contributed by atoms with Crippen molar-refractivity contribution in [2.24, 2.45) is 4.99 Å². The number of rotatable bonds is 2. The summed E-state index contributed by atoms with van der Waals surface area (Å²) in [5.74, 6) is 0.834. The summed E-state index contributed by atoms with van der Waals surface area (Å²) in [7, 11) is 1.66. The number of ether oxygens (including phenoxy) is 1. The summed E-state index contributed by atoms with van der Waals surface area (Å²) >= 11 is 5.28. The van der Waals surface area contributed by atoms with Gasteiger partial charge in [0.2, 0.25) is 0 Å². The van der Waals surface area contributed by atoms with E-state index in [0.717, 1.165) is 27.5 Å². The Morgan fingerprint density at radius 2 is 2.22 bits per heavy atom. The van der Waals surface area contributed by atoms with E-state index in [0.29, 0.717) is 11.3 Å². The Hall–Kier alpha value is -0.680. The molecule has 1 aromatic carbocycles. The molecule has 0 aromatic heterocycles. The molecule has 1 aliphatic heterocycles. The predicted molar refractivity (Wildman–Crippen MR) is 82.9 cm³/mol. The van der Waals surface area contributed by atoms with E-state index in [1.54, 1.807) is 18.9 Å². The summed E-state index contributed by atoms with van der Waals surface area (Å²) in [6, 6.07) is 6.33. The van der Waals surface area contributed by atoms with E-state index >= 15 is 0 Å². The Kier molecular flexibility index (Phi) is 4.56. The second kappa shape index (κ2) is 5.97. The van der Waals surface area contributed by atoms with E-state index in [9.17, 15) is 0 Å². The first-order valence-corrected chi connectivity index (χ1v) is 7.60. The number of amidine groups is 1. The SMILES string of the molecule is COc1ccc(NC2=NC(C)CC(C)S2)cc1Br. The van der Waals surface area contributed by atoms with Crippen LogP contribution in [0.2, 0.25) is 0 Å². The minimum atomic E-state index is 0.394. The molecule has 0 bridgehead atoms. The van der Waals surface area contributed by atoms with Gasteiger partial charge in [-0.2, -0.15) is 0 Å². The largest absolute Gasteiger partial charge is 0.496 e. The Labute approximate surface area is 121 Å². The molecule has 5 heteroatoms. The number of nitrogens with zero attached hydrogens (tertiary/aromatic N) is 1. The minimum absolute atomic E-state index is 0.394. The van der Waals surface area contributed by atoms with E-state index in [1.807, 2.05) is 18.2 Å². The Morgan fingerprint density at radius 1 is 1.44 bits per heavy atom. The van der Waals surface area contributed by atoms with Crippen molar-refractivity contribution in [2.45, 2.75) is 31.6 Å². The van der Waals surface area contributed by atoms with Crippen LogP contribution in [0.15, 0.2) is 27.7 Å². The number of aliphatic imine (C=N–C) groups is 1. The number of hydrogen-bond acceptors (Lipinski definition) is 4. The molecule has 0 radical (unpaired) electrons. The first-order chi connectivity index (χ1) is 8.58. The summed E-state index contributed by atoms with van der Waals surface area (Å²) < 4.78 is 6.16. The topological polar surface area (TPSA) is 33.6 Å². The zero-order valence-corrected chi connectivity index (χ0v) is 13.1. The van der Waals surface area contributed by atoms with Crippen LogP contribution in [-0.4, -0.2) is 23.6 Å². The van der Waals surface area contributed by atoms with Crippen molar-refractivity contribution in [3.63, 3.8) is 0 Å². The normalized spacial score (nSPS) is 23.4. The molecule has 1 N–H and O–H groups in total. The molecule has 18 heavy (non-hydrogen) atoms. The molecule has 0 aliphatic carbocycles. The standard InChI is InChI=1S/C13H17BrN2OS/c1-8-6-9(2)18-13(15-8)16-10-4-5-12(17-3)11(14)7-10/h4-5,7-9H,6H2,1-3H3,(H,15,16).